The Kier molecular flexibility index (Phi) is 8.59. The number of carbonyl (C=O) groups excluding carboxylic acids is 3. The molecule has 0 aliphatic carbocycles. The molecule has 0 N–H and O–H groups in total. The first kappa shape index (κ1) is 18.4. The molecule has 0 saturated carbocycles. The van der Waals surface area contributed by atoms with E-state index in [1.54, 1.807) is 20.8 Å². The standard InChI is InChI=1S/C14H24O6/c1-14(2,3)13(17)20-10-19-12(16)9-7-5-6-8-11(15)18-4/h5-10H2,1-4H3. The SMILES string of the molecule is COC(=O)CCCCCC(=O)OCOC(=O)C(C)(C)C. The third-order valence-corrected chi connectivity index (χ3v) is 2.51. The molecule has 0 fully saturated rings. The highest BCUT2D eigenvalue weighted by atomic mass is 16.7. The summed E-state index contributed by atoms with van der Waals surface area (Å²) in [5.74, 6) is -1.07. The van der Waals surface area contributed by atoms with Crippen molar-refractivity contribution in [1.82, 2.24) is 0 Å². The molecule has 0 atom stereocenters. The smallest absolute Gasteiger partial charge is 0.314 e. The zero-order valence-corrected chi connectivity index (χ0v) is 12.7. The summed E-state index contributed by atoms with van der Waals surface area (Å²) in [4.78, 5) is 33.5. The second-order valence-corrected chi connectivity index (χ2v) is 5.45. The maximum Gasteiger partial charge on any atom is 0.314 e. The van der Waals surface area contributed by atoms with Crippen LogP contribution in [0.2, 0.25) is 0 Å². The van der Waals surface area contributed by atoms with Crippen LogP contribution in [0.5, 0.6) is 0 Å². The van der Waals surface area contributed by atoms with Gasteiger partial charge in [-0.15, -0.1) is 0 Å². The van der Waals surface area contributed by atoms with Crippen LogP contribution < -0.4 is 0 Å². The largest absolute Gasteiger partial charge is 0.469 e. The Balaban J connectivity index is 3.56. The van der Waals surface area contributed by atoms with Gasteiger partial charge in [0.05, 0.1) is 12.5 Å². The zero-order chi connectivity index (χ0) is 15.6. The summed E-state index contributed by atoms with van der Waals surface area (Å²) >= 11 is 0. The molecule has 0 aromatic carbocycles. The molecular weight excluding hydrogens is 264 g/mol. The highest BCUT2D eigenvalue weighted by Gasteiger charge is 2.23. The number of methoxy groups -OCH3 is 1. The van der Waals surface area contributed by atoms with Gasteiger partial charge in [0, 0.05) is 12.8 Å². The zero-order valence-electron chi connectivity index (χ0n) is 12.7. The molecule has 0 aliphatic rings. The normalized spacial score (nSPS) is 10.8. The third-order valence-electron chi connectivity index (χ3n) is 2.51. The minimum atomic E-state index is -0.611. The fourth-order valence-electron chi connectivity index (χ4n) is 1.25. The molecule has 0 aromatic heterocycles. The summed E-state index contributed by atoms with van der Waals surface area (Å²) in [6, 6.07) is 0. The van der Waals surface area contributed by atoms with Gasteiger partial charge in [-0.25, -0.2) is 0 Å². The van der Waals surface area contributed by atoms with Gasteiger partial charge < -0.3 is 14.2 Å². The molecule has 6 heteroatoms. The van der Waals surface area contributed by atoms with Crippen LogP contribution in [0.1, 0.15) is 52.9 Å². The monoisotopic (exact) mass is 288 g/mol. The number of rotatable bonds is 8. The average molecular weight is 288 g/mol. The minimum Gasteiger partial charge on any atom is -0.469 e. The molecule has 0 bridgehead atoms. The Labute approximate surface area is 119 Å². The van der Waals surface area contributed by atoms with Gasteiger partial charge in [-0.2, -0.15) is 0 Å². The van der Waals surface area contributed by atoms with E-state index in [2.05, 4.69) is 4.74 Å². The van der Waals surface area contributed by atoms with Gasteiger partial charge >= 0.3 is 17.9 Å². The van der Waals surface area contributed by atoms with Crippen LogP contribution in [0.15, 0.2) is 0 Å². The molecule has 0 heterocycles. The van der Waals surface area contributed by atoms with E-state index in [-0.39, 0.29) is 19.2 Å². The predicted molar refractivity (Wildman–Crippen MR) is 71.6 cm³/mol. The summed E-state index contributed by atoms with van der Waals surface area (Å²) in [6.45, 7) is 4.81. The Bertz CT molecular complexity index is 329. The fraction of sp³-hybridized carbons (Fsp3) is 0.786. The Morgan fingerprint density at radius 1 is 0.850 bits per heavy atom. The number of hydrogen-bond donors (Lipinski definition) is 0. The van der Waals surface area contributed by atoms with Gasteiger partial charge in [0.15, 0.2) is 0 Å². The second kappa shape index (κ2) is 9.34. The third kappa shape index (κ3) is 9.35. The van der Waals surface area contributed by atoms with Gasteiger partial charge in [0.25, 0.3) is 0 Å². The maximum atomic E-state index is 11.4. The molecule has 20 heavy (non-hydrogen) atoms. The topological polar surface area (TPSA) is 78.9 Å². The number of esters is 3. The molecule has 0 rings (SSSR count). The summed E-state index contributed by atoms with van der Waals surface area (Å²) in [7, 11) is 1.35. The minimum absolute atomic E-state index is 0.244. The lowest BCUT2D eigenvalue weighted by Gasteiger charge is -2.16. The Morgan fingerprint density at radius 2 is 1.40 bits per heavy atom. The second-order valence-electron chi connectivity index (χ2n) is 5.45. The van der Waals surface area contributed by atoms with Gasteiger partial charge in [0.2, 0.25) is 6.79 Å². The van der Waals surface area contributed by atoms with Crippen LogP contribution >= 0.6 is 0 Å². The first-order valence-electron chi connectivity index (χ1n) is 6.67. The van der Waals surface area contributed by atoms with Crippen LogP contribution in [-0.4, -0.2) is 31.8 Å². The van der Waals surface area contributed by atoms with E-state index < -0.39 is 17.4 Å². The summed E-state index contributed by atoms with van der Waals surface area (Å²) < 4.78 is 14.1. The van der Waals surface area contributed by atoms with Crippen LogP contribution in [-0.2, 0) is 28.6 Å². The number of unbranched alkanes of at least 4 members (excludes halogenated alkanes) is 2. The lowest BCUT2D eigenvalue weighted by atomic mass is 9.98. The molecule has 0 saturated heterocycles. The van der Waals surface area contributed by atoms with Gasteiger partial charge in [0.1, 0.15) is 0 Å². The van der Waals surface area contributed by atoms with E-state index in [4.69, 9.17) is 9.47 Å². The summed E-state index contributed by atoms with van der Waals surface area (Å²) in [5.41, 5.74) is -0.611. The fourth-order valence-corrected chi connectivity index (χ4v) is 1.25. The molecular formula is C14H24O6. The first-order valence-corrected chi connectivity index (χ1v) is 6.67. The van der Waals surface area contributed by atoms with Gasteiger partial charge in [-0.05, 0) is 33.6 Å². The highest BCUT2D eigenvalue weighted by molar-refractivity contribution is 5.75. The van der Waals surface area contributed by atoms with Crippen LogP contribution in [0.4, 0.5) is 0 Å². The molecule has 0 aromatic rings. The quantitative estimate of drug-likeness (QED) is 0.387. The number of carbonyl (C=O) groups is 3. The van der Waals surface area contributed by atoms with E-state index in [1.165, 1.54) is 7.11 Å². The molecule has 0 aliphatic heterocycles. The summed E-state index contributed by atoms with van der Waals surface area (Å²) in [6.07, 6.45) is 2.65. The Morgan fingerprint density at radius 3 is 1.90 bits per heavy atom. The van der Waals surface area contributed by atoms with Crippen molar-refractivity contribution in [3.05, 3.63) is 0 Å². The van der Waals surface area contributed by atoms with E-state index >= 15 is 0 Å². The lowest BCUT2D eigenvalue weighted by molar-refractivity contribution is -0.173. The molecule has 0 unspecified atom stereocenters. The van der Waals surface area contributed by atoms with Crippen molar-refractivity contribution >= 4 is 17.9 Å². The molecule has 6 nitrogen and oxygen atoms in total. The van der Waals surface area contributed by atoms with Crippen molar-refractivity contribution in [2.24, 2.45) is 5.41 Å². The van der Waals surface area contributed by atoms with E-state index in [9.17, 15) is 14.4 Å². The van der Waals surface area contributed by atoms with Crippen LogP contribution in [0, 0.1) is 5.41 Å². The van der Waals surface area contributed by atoms with Gasteiger partial charge in [-0.1, -0.05) is 6.42 Å². The first-order chi connectivity index (χ1) is 9.27. The Hall–Kier alpha value is -1.59. The average Bonchev–Trinajstić information content (AvgIpc) is 2.36. The van der Waals surface area contributed by atoms with Crippen molar-refractivity contribution in [2.45, 2.75) is 52.9 Å². The molecule has 116 valence electrons. The van der Waals surface area contributed by atoms with Gasteiger partial charge in [-0.3, -0.25) is 14.4 Å². The van der Waals surface area contributed by atoms with Crippen molar-refractivity contribution in [3.63, 3.8) is 0 Å². The van der Waals surface area contributed by atoms with Crippen molar-refractivity contribution in [2.75, 3.05) is 13.9 Å². The van der Waals surface area contributed by atoms with Crippen molar-refractivity contribution in [1.29, 1.82) is 0 Å². The number of hydrogen-bond acceptors (Lipinski definition) is 6. The van der Waals surface area contributed by atoms with E-state index in [1.807, 2.05) is 0 Å². The van der Waals surface area contributed by atoms with Crippen molar-refractivity contribution < 1.29 is 28.6 Å². The van der Waals surface area contributed by atoms with E-state index in [0.29, 0.717) is 19.3 Å². The molecule has 0 spiro atoms. The highest BCUT2D eigenvalue weighted by Crippen LogP contribution is 2.15. The van der Waals surface area contributed by atoms with Crippen LogP contribution in [0.25, 0.3) is 0 Å². The van der Waals surface area contributed by atoms with E-state index in [0.717, 1.165) is 6.42 Å². The molecule has 0 amide bonds. The molecule has 0 radical (unpaired) electrons. The maximum absolute atomic E-state index is 11.4. The van der Waals surface area contributed by atoms with Crippen LogP contribution in [0.3, 0.4) is 0 Å². The van der Waals surface area contributed by atoms with Crippen molar-refractivity contribution in [3.8, 4) is 0 Å². The number of ether oxygens (including phenoxy) is 3. The predicted octanol–water partition coefficient (Wildman–Crippen LogP) is 2.20. The summed E-state index contributed by atoms with van der Waals surface area (Å²) in [5, 5.41) is 0. The lowest BCUT2D eigenvalue weighted by Crippen LogP contribution is -2.24.